The monoisotopic (exact) mass is 464 g/mol. The standard InChI is InChI=1S/C21H25BrN2O3S/c1-16(19-7-3-4-8-20(19)22)23-21(25)15-17-9-11-18(12-10-17)28(26,27)24-13-5-2-6-14-24/h3-4,7-12,16H,2,5-6,13-15H2,1H3,(H,23,25). The fraction of sp³-hybridized carbons (Fsp3) is 0.381. The van der Waals surface area contributed by atoms with Crippen LogP contribution in [0.4, 0.5) is 0 Å². The van der Waals surface area contributed by atoms with Crippen molar-refractivity contribution in [1.82, 2.24) is 9.62 Å². The summed E-state index contributed by atoms with van der Waals surface area (Å²) in [5.41, 5.74) is 1.80. The molecule has 1 aliphatic rings. The van der Waals surface area contributed by atoms with Gasteiger partial charge in [0.25, 0.3) is 0 Å². The van der Waals surface area contributed by atoms with Crippen molar-refractivity contribution in [2.45, 2.75) is 43.5 Å². The van der Waals surface area contributed by atoms with Crippen LogP contribution in [0.15, 0.2) is 57.9 Å². The first-order valence-electron chi connectivity index (χ1n) is 9.51. The first-order valence-corrected chi connectivity index (χ1v) is 11.7. The SMILES string of the molecule is CC(NC(=O)Cc1ccc(S(=O)(=O)N2CCCCC2)cc1)c1ccccc1Br. The van der Waals surface area contributed by atoms with Crippen molar-refractivity contribution in [2.24, 2.45) is 0 Å². The molecule has 0 saturated carbocycles. The van der Waals surface area contributed by atoms with Crippen LogP contribution in [0, 0.1) is 0 Å². The molecule has 1 aliphatic heterocycles. The number of benzene rings is 2. The molecule has 150 valence electrons. The minimum Gasteiger partial charge on any atom is -0.349 e. The number of hydrogen-bond acceptors (Lipinski definition) is 3. The molecule has 1 N–H and O–H groups in total. The van der Waals surface area contributed by atoms with Gasteiger partial charge in [-0.1, -0.05) is 52.7 Å². The molecule has 5 nitrogen and oxygen atoms in total. The highest BCUT2D eigenvalue weighted by atomic mass is 79.9. The summed E-state index contributed by atoms with van der Waals surface area (Å²) in [5.74, 6) is -0.102. The van der Waals surface area contributed by atoms with Crippen molar-refractivity contribution in [3.8, 4) is 0 Å². The van der Waals surface area contributed by atoms with Crippen LogP contribution in [-0.2, 0) is 21.2 Å². The summed E-state index contributed by atoms with van der Waals surface area (Å²) < 4.78 is 27.9. The smallest absolute Gasteiger partial charge is 0.243 e. The topological polar surface area (TPSA) is 66.5 Å². The highest BCUT2D eigenvalue weighted by Gasteiger charge is 2.25. The Hall–Kier alpha value is -1.70. The zero-order valence-electron chi connectivity index (χ0n) is 15.9. The van der Waals surface area contributed by atoms with Crippen LogP contribution >= 0.6 is 15.9 Å². The van der Waals surface area contributed by atoms with Crippen molar-refractivity contribution < 1.29 is 13.2 Å². The van der Waals surface area contributed by atoms with Crippen molar-refractivity contribution in [3.05, 3.63) is 64.1 Å². The third-order valence-electron chi connectivity index (χ3n) is 4.99. The molecule has 0 aromatic heterocycles. The van der Waals surface area contributed by atoms with E-state index in [-0.39, 0.29) is 18.4 Å². The average Bonchev–Trinajstić information content (AvgIpc) is 2.69. The molecule has 1 fully saturated rings. The summed E-state index contributed by atoms with van der Waals surface area (Å²) >= 11 is 3.50. The summed E-state index contributed by atoms with van der Waals surface area (Å²) in [4.78, 5) is 12.7. The predicted octanol–water partition coefficient (Wildman–Crippen LogP) is 4.04. The van der Waals surface area contributed by atoms with Crippen LogP contribution < -0.4 is 5.32 Å². The molecule has 1 atom stereocenters. The largest absolute Gasteiger partial charge is 0.349 e. The number of nitrogens with zero attached hydrogens (tertiary/aromatic N) is 1. The molecule has 7 heteroatoms. The van der Waals surface area contributed by atoms with Gasteiger partial charge in [-0.25, -0.2) is 8.42 Å². The number of nitrogens with one attached hydrogen (secondary N) is 1. The van der Waals surface area contributed by atoms with Gasteiger partial charge in [0.05, 0.1) is 17.4 Å². The van der Waals surface area contributed by atoms with Crippen LogP contribution in [0.2, 0.25) is 0 Å². The van der Waals surface area contributed by atoms with E-state index in [4.69, 9.17) is 0 Å². The lowest BCUT2D eigenvalue weighted by Crippen LogP contribution is -2.35. The van der Waals surface area contributed by atoms with E-state index in [0.717, 1.165) is 34.9 Å². The Bertz CT molecular complexity index is 923. The second-order valence-corrected chi connectivity index (χ2v) is 9.89. The lowest BCUT2D eigenvalue weighted by Gasteiger charge is -2.25. The summed E-state index contributed by atoms with van der Waals surface area (Å²) in [6, 6.07) is 14.3. The molecule has 0 aliphatic carbocycles. The molecule has 1 heterocycles. The second kappa shape index (κ2) is 9.20. The number of hydrogen-bond donors (Lipinski definition) is 1. The number of carbonyl (C=O) groups excluding carboxylic acids is 1. The highest BCUT2D eigenvalue weighted by Crippen LogP contribution is 2.23. The molecule has 1 unspecified atom stereocenters. The molecule has 0 radical (unpaired) electrons. The van der Waals surface area contributed by atoms with Crippen LogP contribution in [0.1, 0.15) is 43.4 Å². The highest BCUT2D eigenvalue weighted by molar-refractivity contribution is 9.10. The number of amides is 1. The second-order valence-electron chi connectivity index (χ2n) is 7.10. The Morgan fingerprint density at radius 3 is 2.36 bits per heavy atom. The van der Waals surface area contributed by atoms with E-state index >= 15 is 0 Å². The van der Waals surface area contributed by atoms with Gasteiger partial charge in [-0.2, -0.15) is 4.31 Å². The van der Waals surface area contributed by atoms with Gasteiger partial charge in [0, 0.05) is 17.6 Å². The third-order valence-corrected chi connectivity index (χ3v) is 7.63. The molecule has 0 spiro atoms. The summed E-state index contributed by atoms with van der Waals surface area (Å²) in [6.07, 6.45) is 3.11. The fourth-order valence-corrected chi connectivity index (χ4v) is 5.56. The summed E-state index contributed by atoms with van der Waals surface area (Å²) in [6.45, 7) is 3.10. The first-order chi connectivity index (χ1) is 13.4. The minimum atomic E-state index is -3.44. The van der Waals surface area contributed by atoms with Crippen LogP contribution in [0.5, 0.6) is 0 Å². The lowest BCUT2D eigenvalue weighted by molar-refractivity contribution is -0.121. The maximum Gasteiger partial charge on any atom is 0.243 e. The van der Waals surface area contributed by atoms with Gasteiger partial charge in [-0.3, -0.25) is 4.79 Å². The maximum absolute atomic E-state index is 12.7. The van der Waals surface area contributed by atoms with E-state index in [1.807, 2.05) is 31.2 Å². The number of sulfonamides is 1. The molecule has 28 heavy (non-hydrogen) atoms. The molecule has 1 amide bonds. The average molecular weight is 465 g/mol. The Labute approximate surface area is 175 Å². The zero-order valence-corrected chi connectivity index (χ0v) is 18.3. The number of rotatable bonds is 6. The van der Waals surface area contributed by atoms with Gasteiger partial charge in [-0.15, -0.1) is 0 Å². The molecule has 2 aromatic rings. The molecule has 2 aromatic carbocycles. The van der Waals surface area contributed by atoms with E-state index < -0.39 is 10.0 Å². The van der Waals surface area contributed by atoms with Gasteiger partial charge in [0.1, 0.15) is 0 Å². The maximum atomic E-state index is 12.7. The van der Waals surface area contributed by atoms with Crippen molar-refractivity contribution in [1.29, 1.82) is 0 Å². The number of carbonyl (C=O) groups is 1. The normalized spacial score (nSPS) is 16.5. The van der Waals surface area contributed by atoms with Gasteiger partial charge in [0.2, 0.25) is 15.9 Å². The Morgan fingerprint density at radius 2 is 1.71 bits per heavy atom. The molecular formula is C21H25BrN2O3S. The van der Waals surface area contributed by atoms with Crippen LogP contribution in [0.3, 0.4) is 0 Å². The van der Waals surface area contributed by atoms with E-state index in [0.29, 0.717) is 18.0 Å². The van der Waals surface area contributed by atoms with Crippen molar-refractivity contribution in [2.75, 3.05) is 13.1 Å². The van der Waals surface area contributed by atoms with Gasteiger partial charge < -0.3 is 5.32 Å². The fourth-order valence-electron chi connectivity index (χ4n) is 3.42. The minimum absolute atomic E-state index is 0.102. The van der Waals surface area contributed by atoms with E-state index in [9.17, 15) is 13.2 Å². The zero-order chi connectivity index (χ0) is 20.1. The first kappa shape index (κ1) is 21.0. The predicted molar refractivity (Wildman–Crippen MR) is 113 cm³/mol. The Morgan fingerprint density at radius 1 is 1.07 bits per heavy atom. The van der Waals surface area contributed by atoms with Gasteiger partial charge in [-0.05, 0) is 49.1 Å². The van der Waals surface area contributed by atoms with E-state index in [1.165, 1.54) is 0 Å². The van der Waals surface area contributed by atoms with E-state index in [1.54, 1.807) is 28.6 Å². The quantitative estimate of drug-likeness (QED) is 0.700. The van der Waals surface area contributed by atoms with E-state index in [2.05, 4.69) is 21.2 Å². The Balaban J connectivity index is 1.62. The Kier molecular flexibility index (Phi) is 6.91. The van der Waals surface area contributed by atoms with Gasteiger partial charge in [0.15, 0.2) is 0 Å². The van der Waals surface area contributed by atoms with Crippen molar-refractivity contribution >= 4 is 31.9 Å². The molecule has 1 saturated heterocycles. The molecule has 3 rings (SSSR count). The molecule has 0 bridgehead atoms. The summed E-state index contributed by atoms with van der Waals surface area (Å²) in [7, 11) is -3.44. The van der Waals surface area contributed by atoms with Crippen LogP contribution in [0.25, 0.3) is 0 Å². The van der Waals surface area contributed by atoms with Gasteiger partial charge >= 0.3 is 0 Å². The number of piperidine rings is 1. The molecular weight excluding hydrogens is 440 g/mol. The van der Waals surface area contributed by atoms with Crippen molar-refractivity contribution in [3.63, 3.8) is 0 Å². The third kappa shape index (κ3) is 5.01. The number of halogens is 1. The summed E-state index contributed by atoms with van der Waals surface area (Å²) in [5, 5.41) is 2.99. The lowest BCUT2D eigenvalue weighted by atomic mass is 10.1. The van der Waals surface area contributed by atoms with Crippen LogP contribution in [-0.4, -0.2) is 31.7 Å².